The van der Waals surface area contributed by atoms with Crippen molar-refractivity contribution in [3.05, 3.63) is 29.3 Å². The van der Waals surface area contributed by atoms with Gasteiger partial charge in [-0.1, -0.05) is 45.9 Å². The van der Waals surface area contributed by atoms with Crippen molar-refractivity contribution in [2.75, 3.05) is 11.9 Å². The maximum Gasteiger partial charge on any atom is 0.347 e. The highest BCUT2D eigenvalue weighted by Gasteiger charge is 2.24. The first-order valence-electron chi connectivity index (χ1n) is 8.95. The van der Waals surface area contributed by atoms with E-state index in [9.17, 15) is 9.59 Å². The summed E-state index contributed by atoms with van der Waals surface area (Å²) in [7, 11) is 0. The highest BCUT2D eigenvalue weighted by Crippen LogP contribution is 2.32. The number of hydrogen-bond donors (Lipinski definition) is 1. The molecule has 1 aromatic carbocycles. The zero-order valence-corrected chi connectivity index (χ0v) is 16.4. The lowest BCUT2D eigenvalue weighted by molar-refractivity contribution is -0.166. The third-order valence-electron chi connectivity index (χ3n) is 4.00. The molecule has 0 aliphatic carbocycles. The molecule has 5 nitrogen and oxygen atoms in total. The molecule has 0 radical (unpaired) electrons. The predicted molar refractivity (Wildman–Crippen MR) is 99.9 cm³/mol. The molecule has 0 spiro atoms. The minimum atomic E-state index is -0.915. The zero-order valence-electron chi connectivity index (χ0n) is 16.4. The molecule has 1 unspecified atom stereocenters. The Morgan fingerprint density at radius 2 is 1.48 bits per heavy atom. The Bertz CT molecular complexity index is 569. The van der Waals surface area contributed by atoms with Gasteiger partial charge in [0.1, 0.15) is 6.04 Å². The summed E-state index contributed by atoms with van der Waals surface area (Å²) >= 11 is 0. The average Bonchev–Trinajstić information content (AvgIpc) is 2.54. The van der Waals surface area contributed by atoms with Crippen molar-refractivity contribution in [3.8, 4) is 0 Å². The van der Waals surface area contributed by atoms with Crippen LogP contribution in [-0.2, 0) is 19.1 Å². The molecule has 0 heterocycles. The van der Waals surface area contributed by atoms with Crippen molar-refractivity contribution in [1.82, 2.24) is 0 Å². The molecule has 0 amide bonds. The van der Waals surface area contributed by atoms with Crippen molar-refractivity contribution in [2.24, 2.45) is 0 Å². The number of hydrogen-bond acceptors (Lipinski definition) is 5. The van der Waals surface area contributed by atoms with Crippen LogP contribution >= 0.6 is 0 Å². The van der Waals surface area contributed by atoms with Crippen LogP contribution in [0, 0.1) is 0 Å². The van der Waals surface area contributed by atoms with Gasteiger partial charge in [-0.3, -0.25) is 0 Å². The van der Waals surface area contributed by atoms with Crippen LogP contribution in [0.5, 0.6) is 0 Å². The summed E-state index contributed by atoms with van der Waals surface area (Å²) in [6, 6.07) is 5.60. The van der Waals surface area contributed by atoms with Gasteiger partial charge in [-0.2, -0.15) is 0 Å². The SMILES string of the molecule is CCOC(=O)C(C)OC(=O)[C@H](C)Nc1c(C(C)C)cccc1C(C)C. The Morgan fingerprint density at radius 3 is 1.92 bits per heavy atom. The summed E-state index contributed by atoms with van der Waals surface area (Å²) < 4.78 is 10.1. The highest BCUT2D eigenvalue weighted by atomic mass is 16.6. The first-order valence-corrected chi connectivity index (χ1v) is 8.95. The number of para-hydroxylation sites is 1. The number of ether oxygens (including phenoxy) is 2. The molecular formula is C20H31NO4. The quantitative estimate of drug-likeness (QED) is 0.712. The van der Waals surface area contributed by atoms with E-state index in [0.717, 1.165) is 16.8 Å². The van der Waals surface area contributed by atoms with Crippen molar-refractivity contribution < 1.29 is 19.1 Å². The monoisotopic (exact) mass is 349 g/mol. The van der Waals surface area contributed by atoms with E-state index in [4.69, 9.17) is 9.47 Å². The molecule has 0 aliphatic rings. The molecule has 0 bridgehead atoms. The topological polar surface area (TPSA) is 64.6 Å². The molecule has 0 saturated carbocycles. The molecule has 1 rings (SSSR count). The largest absolute Gasteiger partial charge is 0.463 e. The second-order valence-corrected chi connectivity index (χ2v) is 6.82. The summed E-state index contributed by atoms with van der Waals surface area (Å²) in [6.45, 7) is 13.7. The molecule has 1 aromatic rings. The second kappa shape index (κ2) is 9.44. The van der Waals surface area contributed by atoms with E-state index < -0.39 is 24.1 Å². The van der Waals surface area contributed by atoms with Gasteiger partial charge in [-0.25, -0.2) is 9.59 Å². The summed E-state index contributed by atoms with van der Waals surface area (Å²) in [5, 5.41) is 3.29. The molecular weight excluding hydrogens is 318 g/mol. The molecule has 2 atom stereocenters. The van der Waals surface area contributed by atoms with Crippen LogP contribution in [0.3, 0.4) is 0 Å². The maximum atomic E-state index is 12.3. The van der Waals surface area contributed by atoms with E-state index in [1.54, 1.807) is 13.8 Å². The molecule has 1 N–H and O–H groups in total. The van der Waals surface area contributed by atoms with E-state index in [0.29, 0.717) is 11.8 Å². The molecule has 0 aromatic heterocycles. The number of rotatable bonds is 8. The van der Waals surface area contributed by atoms with Crippen LogP contribution in [0.2, 0.25) is 0 Å². The average molecular weight is 349 g/mol. The van der Waals surface area contributed by atoms with Crippen LogP contribution in [0.25, 0.3) is 0 Å². The molecule has 0 fully saturated rings. The Balaban J connectivity index is 2.94. The van der Waals surface area contributed by atoms with Crippen molar-refractivity contribution in [1.29, 1.82) is 0 Å². The van der Waals surface area contributed by atoms with Gasteiger partial charge in [0.25, 0.3) is 0 Å². The number of nitrogens with one attached hydrogen (secondary N) is 1. The fourth-order valence-electron chi connectivity index (χ4n) is 2.58. The van der Waals surface area contributed by atoms with Crippen LogP contribution < -0.4 is 5.32 Å². The predicted octanol–water partition coefficient (Wildman–Crippen LogP) is 4.23. The maximum absolute atomic E-state index is 12.3. The lowest BCUT2D eigenvalue weighted by Crippen LogP contribution is -2.35. The lowest BCUT2D eigenvalue weighted by Gasteiger charge is -2.24. The molecule has 0 saturated heterocycles. The normalized spacial score (nSPS) is 13.5. The van der Waals surface area contributed by atoms with Crippen molar-refractivity contribution in [2.45, 2.75) is 72.4 Å². The first kappa shape index (κ1) is 21.0. The van der Waals surface area contributed by atoms with Gasteiger partial charge < -0.3 is 14.8 Å². The van der Waals surface area contributed by atoms with Gasteiger partial charge in [-0.15, -0.1) is 0 Å². The van der Waals surface area contributed by atoms with Gasteiger partial charge >= 0.3 is 11.9 Å². The number of anilines is 1. The molecule has 140 valence electrons. The highest BCUT2D eigenvalue weighted by molar-refractivity contribution is 5.83. The summed E-state index contributed by atoms with van der Waals surface area (Å²) in [5.41, 5.74) is 3.29. The third-order valence-corrected chi connectivity index (χ3v) is 4.00. The van der Waals surface area contributed by atoms with Gasteiger partial charge in [-0.05, 0) is 43.7 Å². The Labute approximate surface area is 151 Å². The van der Waals surface area contributed by atoms with Crippen LogP contribution in [0.1, 0.15) is 71.4 Å². The van der Waals surface area contributed by atoms with Gasteiger partial charge in [0.05, 0.1) is 6.61 Å². The van der Waals surface area contributed by atoms with Gasteiger partial charge in [0.2, 0.25) is 0 Å². The van der Waals surface area contributed by atoms with E-state index in [-0.39, 0.29) is 6.61 Å². The number of esters is 2. The summed E-state index contributed by atoms with van der Waals surface area (Å²) in [5.74, 6) is -0.368. The molecule has 0 aliphatic heterocycles. The number of carbonyl (C=O) groups is 2. The van der Waals surface area contributed by atoms with E-state index >= 15 is 0 Å². The Kier molecular flexibility index (Phi) is 7.94. The lowest BCUT2D eigenvalue weighted by atomic mass is 9.92. The minimum absolute atomic E-state index is 0.258. The number of benzene rings is 1. The standard InChI is InChI=1S/C20H31NO4/c1-8-24-20(23)15(7)25-19(22)14(6)21-18-16(12(2)3)10-9-11-17(18)13(4)5/h9-15,21H,8H2,1-7H3/t14-,15?/m0/s1. The van der Waals surface area contributed by atoms with Crippen LogP contribution in [0.15, 0.2) is 18.2 Å². The summed E-state index contributed by atoms with van der Waals surface area (Å²) in [6.07, 6.45) is -0.915. The number of carbonyl (C=O) groups excluding carboxylic acids is 2. The van der Waals surface area contributed by atoms with Crippen molar-refractivity contribution in [3.63, 3.8) is 0 Å². The van der Waals surface area contributed by atoms with E-state index in [2.05, 4.69) is 45.1 Å². The van der Waals surface area contributed by atoms with Crippen LogP contribution in [0.4, 0.5) is 5.69 Å². The van der Waals surface area contributed by atoms with Crippen molar-refractivity contribution >= 4 is 17.6 Å². The minimum Gasteiger partial charge on any atom is -0.463 e. The van der Waals surface area contributed by atoms with E-state index in [1.807, 2.05) is 6.07 Å². The van der Waals surface area contributed by atoms with Gasteiger partial charge in [0.15, 0.2) is 6.10 Å². The molecule has 5 heteroatoms. The Hall–Kier alpha value is -2.04. The fourth-order valence-corrected chi connectivity index (χ4v) is 2.58. The Morgan fingerprint density at radius 1 is 0.960 bits per heavy atom. The smallest absolute Gasteiger partial charge is 0.347 e. The van der Waals surface area contributed by atoms with Gasteiger partial charge in [0, 0.05) is 5.69 Å². The van der Waals surface area contributed by atoms with Crippen LogP contribution in [-0.4, -0.2) is 30.7 Å². The summed E-state index contributed by atoms with van der Waals surface area (Å²) in [4.78, 5) is 24.0. The molecule has 25 heavy (non-hydrogen) atoms. The van der Waals surface area contributed by atoms with E-state index in [1.165, 1.54) is 6.92 Å². The second-order valence-electron chi connectivity index (χ2n) is 6.82. The third kappa shape index (κ3) is 5.76. The zero-order chi connectivity index (χ0) is 19.1. The first-order chi connectivity index (χ1) is 11.7. The fraction of sp³-hybridized carbons (Fsp3) is 0.600.